The third-order valence-corrected chi connectivity index (χ3v) is 4.56. The summed E-state index contributed by atoms with van der Waals surface area (Å²) in [5.74, 6) is 0.660. The molecule has 0 unspecified atom stereocenters. The van der Waals surface area contributed by atoms with E-state index in [0.717, 1.165) is 32.1 Å². The molecule has 100 valence electrons. The van der Waals surface area contributed by atoms with Crippen LogP contribution in [0.4, 0.5) is 0 Å². The average molecular weight is 246 g/mol. The minimum absolute atomic E-state index is 0.376. The minimum atomic E-state index is -0.376. The van der Waals surface area contributed by atoms with Crippen molar-refractivity contribution in [3.63, 3.8) is 0 Å². The number of benzene rings is 1. The molecule has 18 heavy (non-hydrogen) atoms. The first-order chi connectivity index (χ1) is 8.67. The van der Waals surface area contributed by atoms with Crippen molar-refractivity contribution in [1.82, 2.24) is 0 Å². The molecule has 1 aromatic carbocycles. The van der Waals surface area contributed by atoms with Crippen molar-refractivity contribution in [2.75, 3.05) is 0 Å². The lowest BCUT2D eigenvalue weighted by Crippen LogP contribution is -2.32. The summed E-state index contributed by atoms with van der Waals surface area (Å²) in [5.41, 5.74) is 2.54. The number of aliphatic hydroxyl groups is 1. The summed E-state index contributed by atoms with van der Waals surface area (Å²) in [6.45, 7) is 4.32. The normalized spacial score (nSPS) is 28.3. The highest BCUT2D eigenvalue weighted by molar-refractivity contribution is 5.26. The maximum atomic E-state index is 10.3. The molecule has 0 saturated heterocycles. The zero-order chi connectivity index (χ0) is 13.0. The van der Waals surface area contributed by atoms with Crippen LogP contribution in [0, 0.1) is 0 Å². The van der Waals surface area contributed by atoms with Gasteiger partial charge in [-0.3, -0.25) is 0 Å². The highest BCUT2D eigenvalue weighted by atomic mass is 16.3. The Balaban J connectivity index is 1.97. The average Bonchev–Trinajstić information content (AvgIpc) is 2.41. The summed E-state index contributed by atoms with van der Waals surface area (Å²) in [6.07, 6.45) is 7.49. The zero-order valence-corrected chi connectivity index (χ0v) is 11.8. The number of rotatable bonds is 4. The summed E-state index contributed by atoms with van der Waals surface area (Å²) in [5, 5.41) is 10.3. The van der Waals surface area contributed by atoms with Crippen LogP contribution in [-0.4, -0.2) is 10.7 Å². The van der Waals surface area contributed by atoms with Crippen LogP contribution < -0.4 is 0 Å². The molecule has 0 radical (unpaired) electrons. The van der Waals surface area contributed by atoms with E-state index in [9.17, 15) is 5.11 Å². The highest BCUT2D eigenvalue weighted by Gasteiger charge is 2.31. The van der Waals surface area contributed by atoms with E-state index in [-0.39, 0.29) is 5.60 Å². The molecule has 1 aliphatic rings. The maximum Gasteiger partial charge on any atom is 0.0645 e. The minimum Gasteiger partial charge on any atom is -0.390 e. The van der Waals surface area contributed by atoms with Crippen molar-refractivity contribution < 1.29 is 5.11 Å². The monoisotopic (exact) mass is 246 g/mol. The molecule has 0 atom stereocenters. The second-order valence-corrected chi connectivity index (χ2v) is 5.84. The molecule has 0 aliphatic heterocycles. The van der Waals surface area contributed by atoms with Gasteiger partial charge in [0, 0.05) is 0 Å². The van der Waals surface area contributed by atoms with Gasteiger partial charge in [0.05, 0.1) is 5.60 Å². The van der Waals surface area contributed by atoms with Gasteiger partial charge >= 0.3 is 0 Å². The molecule has 0 spiro atoms. The van der Waals surface area contributed by atoms with E-state index in [1.807, 2.05) is 0 Å². The Morgan fingerprint density at radius 2 is 1.72 bits per heavy atom. The molecule has 1 nitrogen and oxygen atoms in total. The van der Waals surface area contributed by atoms with Crippen LogP contribution in [0.1, 0.15) is 69.4 Å². The quantitative estimate of drug-likeness (QED) is 0.833. The molecule has 1 aliphatic carbocycles. The van der Waals surface area contributed by atoms with Gasteiger partial charge in [0.1, 0.15) is 0 Å². The van der Waals surface area contributed by atoms with Crippen LogP contribution in [0.5, 0.6) is 0 Å². The molecule has 1 fully saturated rings. The second kappa shape index (κ2) is 5.88. The van der Waals surface area contributed by atoms with Crippen LogP contribution in [0.25, 0.3) is 0 Å². The van der Waals surface area contributed by atoms with Gasteiger partial charge in [-0.05, 0) is 55.6 Å². The first-order valence-corrected chi connectivity index (χ1v) is 7.48. The van der Waals surface area contributed by atoms with Crippen molar-refractivity contribution in [3.05, 3.63) is 35.4 Å². The molecular formula is C17H26O. The summed E-state index contributed by atoms with van der Waals surface area (Å²) >= 11 is 0. The van der Waals surface area contributed by atoms with Gasteiger partial charge in [-0.2, -0.15) is 0 Å². The molecule has 0 amide bonds. The molecule has 1 heteroatoms. The fourth-order valence-corrected chi connectivity index (χ4v) is 3.09. The van der Waals surface area contributed by atoms with E-state index in [0.29, 0.717) is 5.92 Å². The van der Waals surface area contributed by atoms with Crippen LogP contribution >= 0.6 is 0 Å². The number of hydrogen-bond acceptors (Lipinski definition) is 1. The van der Waals surface area contributed by atoms with Crippen LogP contribution in [0.3, 0.4) is 0 Å². The van der Waals surface area contributed by atoms with Gasteiger partial charge in [-0.1, -0.05) is 44.5 Å². The van der Waals surface area contributed by atoms with Gasteiger partial charge in [-0.25, -0.2) is 0 Å². The van der Waals surface area contributed by atoms with Gasteiger partial charge in [0.25, 0.3) is 0 Å². The Hall–Kier alpha value is -0.820. The summed E-state index contributed by atoms with van der Waals surface area (Å²) in [6, 6.07) is 9.15. The van der Waals surface area contributed by atoms with Gasteiger partial charge in [0.2, 0.25) is 0 Å². The van der Waals surface area contributed by atoms with Crippen molar-refractivity contribution >= 4 is 0 Å². The topological polar surface area (TPSA) is 20.2 Å². The fourth-order valence-electron chi connectivity index (χ4n) is 3.09. The van der Waals surface area contributed by atoms with E-state index in [2.05, 4.69) is 38.1 Å². The number of aryl methyl sites for hydroxylation is 1. The molecule has 0 heterocycles. The van der Waals surface area contributed by atoms with Crippen molar-refractivity contribution in [1.29, 1.82) is 0 Å². The Kier molecular flexibility index (Phi) is 4.45. The zero-order valence-electron chi connectivity index (χ0n) is 11.8. The molecule has 1 aromatic rings. The van der Waals surface area contributed by atoms with Gasteiger partial charge in [-0.15, -0.1) is 0 Å². The second-order valence-electron chi connectivity index (χ2n) is 5.84. The Morgan fingerprint density at radius 3 is 2.22 bits per heavy atom. The van der Waals surface area contributed by atoms with Crippen molar-refractivity contribution in [2.45, 2.75) is 70.3 Å². The predicted octanol–water partition coefficient (Wildman–Crippen LogP) is 4.44. The largest absolute Gasteiger partial charge is 0.390 e. The Bertz CT molecular complexity index is 358. The predicted molar refractivity (Wildman–Crippen MR) is 76.9 cm³/mol. The molecule has 0 bridgehead atoms. The molecule has 1 N–H and O–H groups in total. The first kappa shape index (κ1) is 13.6. The van der Waals surface area contributed by atoms with E-state index in [4.69, 9.17) is 0 Å². The SMILES string of the molecule is CCCc1ccc(C2CCC(O)(CC)CC2)cc1. The van der Waals surface area contributed by atoms with Gasteiger partial charge < -0.3 is 5.11 Å². The third kappa shape index (κ3) is 3.14. The Labute approximate surface area is 111 Å². The molecule has 0 aromatic heterocycles. The first-order valence-electron chi connectivity index (χ1n) is 7.48. The maximum absolute atomic E-state index is 10.3. The van der Waals surface area contributed by atoms with E-state index >= 15 is 0 Å². The molecule has 2 rings (SSSR count). The summed E-state index contributed by atoms with van der Waals surface area (Å²) < 4.78 is 0. The lowest BCUT2D eigenvalue weighted by atomic mass is 9.75. The summed E-state index contributed by atoms with van der Waals surface area (Å²) in [4.78, 5) is 0. The van der Waals surface area contributed by atoms with E-state index in [1.165, 1.54) is 24.0 Å². The third-order valence-electron chi connectivity index (χ3n) is 4.56. The highest BCUT2D eigenvalue weighted by Crippen LogP contribution is 2.39. The standard InChI is InChI=1S/C17H26O/c1-3-5-14-6-8-15(9-7-14)16-10-12-17(18,4-2)13-11-16/h6-9,16,18H,3-5,10-13H2,1-2H3. The summed E-state index contributed by atoms with van der Waals surface area (Å²) in [7, 11) is 0. The Morgan fingerprint density at radius 1 is 1.11 bits per heavy atom. The smallest absolute Gasteiger partial charge is 0.0645 e. The van der Waals surface area contributed by atoms with E-state index < -0.39 is 0 Å². The van der Waals surface area contributed by atoms with Crippen molar-refractivity contribution in [3.8, 4) is 0 Å². The molecular weight excluding hydrogens is 220 g/mol. The fraction of sp³-hybridized carbons (Fsp3) is 0.647. The lowest BCUT2D eigenvalue weighted by molar-refractivity contribution is -0.00419. The molecule has 1 saturated carbocycles. The lowest BCUT2D eigenvalue weighted by Gasteiger charge is -2.35. The van der Waals surface area contributed by atoms with Crippen molar-refractivity contribution in [2.24, 2.45) is 0 Å². The van der Waals surface area contributed by atoms with Crippen LogP contribution in [0.15, 0.2) is 24.3 Å². The number of hydrogen-bond donors (Lipinski definition) is 1. The van der Waals surface area contributed by atoms with Crippen LogP contribution in [0.2, 0.25) is 0 Å². The van der Waals surface area contributed by atoms with Crippen LogP contribution in [-0.2, 0) is 6.42 Å². The van der Waals surface area contributed by atoms with Gasteiger partial charge in [0.15, 0.2) is 0 Å². The van der Waals surface area contributed by atoms with E-state index in [1.54, 1.807) is 0 Å².